The van der Waals surface area contributed by atoms with Gasteiger partial charge in [0.2, 0.25) is 0 Å². The normalized spacial score (nSPS) is 17.7. The van der Waals surface area contributed by atoms with E-state index in [9.17, 15) is 0 Å². The Morgan fingerprint density at radius 3 is 2.83 bits per heavy atom. The fourth-order valence-electron chi connectivity index (χ4n) is 3.64. The lowest BCUT2D eigenvalue weighted by Crippen LogP contribution is -2.45. The smallest absolute Gasteiger partial charge is 0.191 e. The fraction of sp³-hybridized carbons (Fsp3) is 0.545. The lowest BCUT2D eigenvalue weighted by atomic mass is 9.90. The standard InChI is InChI=1S/C22H33N5O.HI/c1-5-23-21(25-12-8-9-14-27-15-13-24-17(27)2)26-19-16-22(3,4)28-20-11-7-6-10-18(19)20;/h6-7,10-11,13,15,19H,5,8-9,12,14,16H2,1-4H3,(H2,23,25,26);1H. The number of benzene rings is 1. The van der Waals surface area contributed by atoms with Gasteiger partial charge in [-0.05, 0) is 46.6 Å². The molecule has 1 aromatic carbocycles. The van der Waals surface area contributed by atoms with Gasteiger partial charge in [0.15, 0.2) is 5.96 Å². The quantitative estimate of drug-likeness (QED) is 0.250. The molecular weight excluding hydrogens is 477 g/mol. The van der Waals surface area contributed by atoms with E-state index < -0.39 is 0 Å². The molecular formula is C22H34IN5O. The van der Waals surface area contributed by atoms with E-state index in [1.165, 1.54) is 5.56 Å². The second kappa shape index (κ2) is 10.8. The first-order chi connectivity index (χ1) is 13.5. The van der Waals surface area contributed by atoms with Gasteiger partial charge >= 0.3 is 0 Å². The number of aryl methyl sites for hydroxylation is 2. The third-order valence-electron chi connectivity index (χ3n) is 5.03. The number of guanidine groups is 1. The van der Waals surface area contributed by atoms with Gasteiger partial charge in [0, 0.05) is 44.0 Å². The Hall–Kier alpha value is -1.77. The maximum Gasteiger partial charge on any atom is 0.191 e. The molecule has 7 heteroatoms. The molecule has 1 unspecified atom stereocenters. The maximum absolute atomic E-state index is 6.14. The van der Waals surface area contributed by atoms with Gasteiger partial charge in [-0.2, -0.15) is 0 Å². The van der Waals surface area contributed by atoms with Crippen molar-refractivity contribution in [2.75, 3.05) is 13.1 Å². The summed E-state index contributed by atoms with van der Waals surface area (Å²) in [5.74, 6) is 2.90. The van der Waals surface area contributed by atoms with Crippen molar-refractivity contribution < 1.29 is 4.74 Å². The molecule has 2 heterocycles. The van der Waals surface area contributed by atoms with E-state index in [-0.39, 0.29) is 35.6 Å². The summed E-state index contributed by atoms with van der Waals surface area (Å²) < 4.78 is 8.33. The number of para-hydroxylation sites is 1. The zero-order valence-corrected chi connectivity index (χ0v) is 20.3. The molecule has 160 valence electrons. The van der Waals surface area contributed by atoms with E-state index in [1.807, 2.05) is 31.5 Å². The predicted octanol–water partition coefficient (Wildman–Crippen LogP) is 4.45. The van der Waals surface area contributed by atoms with Gasteiger partial charge in [-0.1, -0.05) is 18.2 Å². The first-order valence-corrected chi connectivity index (χ1v) is 10.3. The number of aliphatic imine (C=N–C) groups is 1. The molecule has 0 saturated carbocycles. The number of halogens is 1. The Morgan fingerprint density at radius 1 is 1.31 bits per heavy atom. The van der Waals surface area contributed by atoms with E-state index in [4.69, 9.17) is 9.73 Å². The average Bonchev–Trinajstić information content (AvgIpc) is 3.05. The second-order valence-corrected chi connectivity index (χ2v) is 7.94. The van der Waals surface area contributed by atoms with Crippen LogP contribution in [0.25, 0.3) is 0 Å². The Labute approximate surface area is 191 Å². The molecule has 1 atom stereocenters. The summed E-state index contributed by atoms with van der Waals surface area (Å²) in [5, 5.41) is 7.01. The Bertz CT molecular complexity index is 802. The number of hydrogen-bond donors (Lipinski definition) is 2. The van der Waals surface area contributed by atoms with Crippen molar-refractivity contribution in [2.45, 2.75) is 65.1 Å². The van der Waals surface area contributed by atoms with E-state index in [0.29, 0.717) is 0 Å². The molecule has 1 aromatic heterocycles. The monoisotopic (exact) mass is 511 g/mol. The van der Waals surface area contributed by atoms with Crippen LogP contribution in [0.15, 0.2) is 41.7 Å². The lowest BCUT2D eigenvalue weighted by Gasteiger charge is -2.38. The van der Waals surface area contributed by atoms with Crippen LogP contribution in [0.2, 0.25) is 0 Å². The summed E-state index contributed by atoms with van der Waals surface area (Å²) in [5.41, 5.74) is 0.995. The molecule has 0 amide bonds. The van der Waals surface area contributed by atoms with Gasteiger partial charge in [0.1, 0.15) is 17.2 Å². The number of aromatic nitrogens is 2. The van der Waals surface area contributed by atoms with Crippen molar-refractivity contribution in [1.29, 1.82) is 0 Å². The number of nitrogens with zero attached hydrogens (tertiary/aromatic N) is 3. The molecule has 6 nitrogen and oxygen atoms in total. The molecule has 2 N–H and O–H groups in total. The molecule has 1 aliphatic heterocycles. The number of imidazole rings is 1. The van der Waals surface area contributed by atoms with E-state index in [2.05, 4.69) is 53.1 Å². The molecule has 1 aliphatic rings. The highest BCUT2D eigenvalue weighted by Gasteiger charge is 2.33. The van der Waals surface area contributed by atoms with Crippen LogP contribution in [-0.4, -0.2) is 34.2 Å². The first kappa shape index (κ1) is 23.5. The summed E-state index contributed by atoms with van der Waals surface area (Å²) in [6.45, 7) is 11.1. The molecule has 3 rings (SSSR count). The largest absolute Gasteiger partial charge is 0.487 e. The molecule has 29 heavy (non-hydrogen) atoms. The van der Waals surface area contributed by atoms with Gasteiger partial charge in [-0.25, -0.2) is 4.98 Å². The molecule has 0 bridgehead atoms. The van der Waals surface area contributed by atoms with Crippen molar-refractivity contribution in [1.82, 2.24) is 20.2 Å². The number of hydrogen-bond acceptors (Lipinski definition) is 3. The number of rotatable bonds is 7. The average molecular weight is 511 g/mol. The number of unbranched alkanes of at least 4 members (excludes halogenated alkanes) is 1. The zero-order chi connectivity index (χ0) is 20.0. The predicted molar refractivity (Wildman–Crippen MR) is 129 cm³/mol. The highest BCUT2D eigenvalue weighted by atomic mass is 127. The molecule has 0 spiro atoms. The third kappa shape index (κ3) is 6.62. The van der Waals surface area contributed by atoms with Gasteiger partial charge in [0.25, 0.3) is 0 Å². The van der Waals surface area contributed by atoms with Crippen LogP contribution in [0, 0.1) is 6.92 Å². The topological polar surface area (TPSA) is 63.5 Å². The van der Waals surface area contributed by atoms with Crippen molar-refractivity contribution >= 4 is 29.9 Å². The van der Waals surface area contributed by atoms with Crippen LogP contribution in [0.3, 0.4) is 0 Å². The van der Waals surface area contributed by atoms with Crippen molar-refractivity contribution in [3.63, 3.8) is 0 Å². The first-order valence-electron chi connectivity index (χ1n) is 10.3. The van der Waals surface area contributed by atoms with Crippen LogP contribution in [0.5, 0.6) is 5.75 Å². The Balaban J connectivity index is 0.00000300. The Kier molecular flexibility index (Phi) is 8.79. The minimum atomic E-state index is -0.202. The van der Waals surface area contributed by atoms with Gasteiger partial charge in [-0.3, -0.25) is 4.99 Å². The lowest BCUT2D eigenvalue weighted by molar-refractivity contribution is 0.0694. The van der Waals surface area contributed by atoms with Crippen LogP contribution < -0.4 is 15.4 Å². The highest BCUT2D eigenvalue weighted by molar-refractivity contribution is 14.0. The number of ether oxygens (including phenoxy) is 1. The molecule has 0 aliphatic carbocycles. The fourth-order valence-corrected chi connectivity index (χ4v) is 3.64. The van der Waals surface area contributed by atoms with Gasteiger partial charge < -0.3 is 19.9 Å². The SMILES string of the molecule is CCNC(=NCCCCn1ccnc1C)NC1CC(C)(C)Oc2ccccc21.I. The minimum absolute atomic E-state index is 0. The number of fused-ring (bicyclic) bond motifs is 1. The molecule has 0 saturated heterocycles. The number of nitrogens with one attached hydrogen (secondary N) is 2. The summed E-state index contributed by atoms with van der Waals surface area (Å²) >= 11 is 0. The minimum Gasteiger partial charge on any atom is -0.487 e. The Morgan fingerprint density at radius 2 is 2.10 bits per heavy atom. The third-order valence-corrected chi connectivity index (χ3v) is 5.03. The van der Waals surface area contributed by atoms with Crippen molar-refractivity contribution in [3.05, 3.63) is 48.0 Å². The summed E-state index contributed by atoms with van der Waals surface area (Å²) in [7, 11) is 0. The molecule has 2 aromatic rings. The van der Waals surface area contributed by atoms with Crippen molar-refractivity contribution in [3.8, 4) is 5.75 Å². The summed E-state index contributed by atoms with van der Waals surface area (Å²) in [6, 6.07) is 8.47. The van der Waals surface area contributed by atoms with Gasteiger partial charge in [0.05, 0.1) is 6.04 Å². The summed E-state index contributed by atoms with van der Waals surface area (Å²) in [6.07, 6.45) is 6.92. The molecule has 0 radical (unpaired) electrons. The van der Waals surface area contributed by atoms with Crippen LogP contribution in [-0.2, 0) is 6.54 Å². The maximum atomic E-state index is 6.14. The van der Waals surface area contributed by atoms with E-state index >= 15 is 0 Å². The zero-order valence-electron chi connectivity index (χ0n) is 17.9. The van der Waals surface area contributed by atoms with Crippen LogP contribution in [0.1, 0.15) is 57.5 Å². The van der Waals surface area contributed by atoms with E-state index in [1.54, 1.807) is 0 Å². The molecule has 0 fully saturated rings. The van der Waals surface area contributed by atoms with Gasteiger partial charge in [-0.15, -0.1) is 24.0 Å². The second-order valence-electron chi connectivity index (χ2n) is 7.94. The summed E-state index contributed by atoms with van der Waals surface area (Å²) in [4.78, 5) is 9.07. The van der Waals surface area contributed by atoms with E-state index in [0.717, 1.165) is 56.4 Å². The highest BCUT2D eigenvalue weighted by Crippen LogP contribution is 2.39. The van der Waals surface area contributed by atoms with Crippen LogP contribution in [0.4, 0.5) is 0 Å². The van der Waals surface area contributed by atoms with Crippen molar-refractivity contribution in [2.24, 2.45) is 4.99 Å². The van der Waals surface area contributed by atoms with Crippen LogP contribution >= 0.6 is 24.0 Å².